The maximum absolute atomic E-state index is 5.19. The number of aryl methyl sites for hydroxylation is 1. The Labute approximate surface area is 131 Å². The van der Waals surface area contributed by atoms with Gasteiger partial charge in [-0.05, 0) is 47.9 Å². The monoisotopic (exact) mass is 289 g/mol. The third-order valence-corrected chi connectivity index (χ3v) is 3.86. The number of ether oxygens (including phenoxy) is 1. The smallest absolute Gasteiger partial charge is 0.118 e. The lowest BCUT2D eigenvalue weighted by molar-refractivity contribution is 0.415. The van der Waals surface area contributed by atoms with E-state index in [4.69, 9.17) is 4.74 Å². The normalized spacial score (nSPS) is 10.5. The largest absolute Gasteiger partial charge is 0.497 e. The summed E-state index contributed by atoms with van der Waals surface area (Å²) in [4.78, 5) is 4.62. The summed E-state index contributed by atoms with van der Waals surface area (Å²) >= 11 is 0. The fourth-order valence-electron chi connectivity index (χ4n) is 2.60. The van der Waals surface area contributed by atoms with Crippen molar-refractivity contribution in [2.75, 3.05) is 7.11 Å². The van der Waals surface area contributed by atoms with E-state index in [0.29, 0.717) is 0 Å². The van der Waals surface area contributed by atoms with E-state index in [0.717, 1.165) is 29.0 Å². The highest BCUT2D eigenvalue weighted by Crippen LogP contribution is 2.26. The van der Waals surface area contributed by atoms with Gasteiger partial charge in [-0.1, -0.05) is 37.3 Å². The standard InChI is InChI=1S/C20H19NO/c1-3-15-6-4-5-7-19(15)17-10-13-20(21-14-17)16-8-11-18(22-2)12-9-16/h4-14H,3H2,1-2H3. The molecule has 0 aliphatic heterocycles. The highest BCUT2D eigenvalue weighted by molar-refractivity contribution is 5.69. The van der Waals surface area contributed by atoms with E-state index in [1.54, 1.807) is 7.11 Å². The number of aromatic nitrogens is 1. The predicted octanol–water partition coefficient (Wildman–Crippen LogP) is 4.99. The van der Waals surface area contributed by atoms with Crippen molar-refractivity contribution >= 4 is 0 Å². The average molecular weight is 289 g/mol. The molecule has 3 aromatic rings. The van der Waals surface area contributed by atoms with Crippen LogP contribution < -0.4 is 4.74 Å². The van der Waals surface area contributed by atoms with Gasteiger partial charge in [-0.2, -0.15) is 0 Å². The first-order chi connectivity index (χ1) is 10.8. The molecular formula is C20H19NO. The topological polar surface area (TPSA) is 22.1 Å². The first-order valence-electron chi connectivity index (χ1n) is 7.50. The fraction of sp³-hybridized carbons (Fsp3) is 0.150. The van der Waals surface area contributed by atoms with Gasteiger partial charge in [0.1, 0.15) is 5.75 Å². The number of rotatable bonds is 4. The Balaban J connectivity index is 1.92. The minimum Gasteiger partial charge on any atom is -0.497 e. The zero-order chi connectivity index (χ0) is 15.4. The van der Waals surface area contributed by atoms with Gasteiger partial charge in [0, 0.05) is 17.3 Å². The number of hydrogen-bond donors (Lipinski definition) is 0. The van der Waals surface area contributed by atoms with Crippen molar-refractivity contribution in [1.82, 2.24) is 4.98 Å². The molecule has 2 heteroatoms. The summed E-state index contributed by atoms with van der Waals surface area (Å²) in [7, 11) is 1.67. The van der Waals surface area contributed by atoms with Crippen molar-refractivity contribution in [2.45, 2.75) is 13.3 Å². The molecule has 0 aliphatic carbocycles. The Morgan fingerprint density at radius 2 is 1.59 bits per heavy atom. The summed E-state index contributed by atoms with van der Waals surface area (Å²) in [5.41, 5.74) is 5.84. The molecule has 0 fully saturated rings. The molecule has 3 rings (SSSR count). The second-order valence-electron chi connectivity index (χ2n) is 5.17. The Hall–Kier alpha value is -2.61. The maximum Gasteiger partial charge on any atom is 0.118 e. The first kappa shape index (κ1) is 14.3. The third-order valence-electron chi connectivity index (χ3n) is 3.86. The zero-order valence-electron chi connectivity index (χ0n) is 12.9. The van der Waals surface area contributed by atoms with Crippen LogP contribution in [-0.4, -0.2) is 12.1 Å². The van der Waals surface area contributed by atoms with E-state index in [1.807, 2.05) is 30.5 Å². The van der Waals surface area contributed by atoms with Crippen LogP contribution in [0.1, 0.15) is 12.5 Å². The molecule has 0 bridgehead atoms. The van der Waals surface area contributed by atoms with Crippen molar-refractivity contribution < 1.29 is 4.74 Å². The van der Waals surface area contributed by atoms with Crippen LogP contribution in [0.15, 0.2) is 66.9 Å². The minimum absolute atomic E-state index is 0.859. The number of nitrogens with zero attached hydrogens (tertiary/aromatic N) is 1. The van der Waals surface area contributed by atoms with Gasteiger partial charge in [-0.15, -0.1) is 0 Å². The highest BCUT2D eigenvalue weighted by Gasteiger charge is 2.05. The van der Waals surface area contributed by atoms with Crippen molar-refractivity contribution in [2.24, 2.45) is 0 Å². The number of benzene rings is 2. The van der Waals surface area contributed by atoms with E-state index < -0.39 is 0 Å². The molecule has 0 saturated heterocycles. The lowest BCUT2D eigenvalue weighted by Crippen LogP contribution is -1.89. The SMILES string of the molecule is CCc1ccccc1-c1ccc(-c2ccc(OC)cc2)nc1. The predicted molar refractivity (Wildman–Crippen MR) is 91.0 cm³/mol. The van der Waals surface area contributed by atoms with Crippen LogP contribution >= 0.6 is 0 Å². The van der Waals surface area contributed by atoms with Crippen LogP contribution in [0.4, 0.5) is 0 Å². The van der Waals surface area contributed by atoms with Gasteiger partial charge in [-0.25, -0.2) is 0 Å². The maximum atomic E-state index is 5.19. The summed E-state index contributed by atoms with van der Waals surface area (Å²) in [6.45, 7) is 2.18. The molecule has 2 nitrogen and oxygen atoms in total. The summed E-state index contributed by atoms with van der Waals surface area (Å²) in [6, 6.07) is 20.7. The molecule has 0 saturated carbocycles. The number of pyridine rings is 1. The van der Waals surface area contributed by atoms with Crippen molar-refractivity contribution in [3.8, 4) is 28.1 Å². The third kappa shape index (κ3) is 2.86. The van der Waals surface area contributed by atoms with Gasteiger partial charge in [0.05, 0.1) is 12.8 Å². The van der Waals surface area contributed by atoms with Gasteiger partial charge in [0.15, 0.2) is 0 Å². The molecule has 0 aliphatic rings. The second-order valence-corrected chi connectivity index (χ2v) is 5.17. The van der Waals surface area contributed by atoms with Crippen LogP contribution in [-0.2, 0) is 6.42 Å². The van der Waals surface area contributed by atoms with Crippen molar-refractivity contribution in [1.29, 1.82) is 0 Å². The molecule has 0 spiro atoms. The lowest BCUT2D eigenvalue weighted by atomic mass is 9.99. The first-order valence-corrected chi connectivity index (χ1v) is 7.50. The van der Waals surface area contributed by atoms with Crippen LogP contribution in [0.25, 0.3) is 22.4 Å². The summed E-state index contributed by atoms with van der Waals surface area (Å²) in [5, 5.41) is 0. The molecule has 0 unspecified atom stereocenters. The van der Waals surface area contributed by atoms with E-state index >= 15 is 0 Å². The highest BCUT2D eigenvalue weighted by atomic mass is 16.5. The molecule has 0 atom stereocenters. The van der Waals surface area contributed by atoms with Gasteiger partial charge in [0.2, 0.25) is 0 Å². The lowest BCUT2D eigenvalue weighted by Gasteiger charge is -2.08. The summed E-state index contributed by atoms with van der Waals surface area (Å²) in [5.74, 6) is 0.859. The van der Waals surface area contributed by atoms with Gasteiger partial charge in [0.25, 0.3) is 0 Å². The second kappa shape index (κ2) is 6.44. The number of hydrogen-bond acceptors (Lipinski definition) is 2. The molecule has 110 valence electrons. The molecule has 22 heavy (non-hydrogen) atoms. The van der Waals surface area contributed by atoms with E-state index in [-0.39, 0.29) is 0 Å². The summed E-state index contributed by atoms with van der Waals surface area (Å²) < 4.78 is 5.19. The molecule has 0 N–H and O–H groups in total. The Morgan fingerprint density at radius 1 is 0.864 bits per heavy atom. The molecule has 0 radical (unpaired) electrons. The van der Waals surface area contributed by atoms with Gasteiger partial charge >= 0.3 is 0 Å². The van der Waals surface area contributed by atoms with Gasteiger partial charge in [-0.3, -0.25) is 4.98 Å². The Bertz CT molecular complexity index is 745. The van der Waals surface area contributed by atoms with E-state index in [1.165, 1.54) is 11.1 Å². The Morgan fingerprint density at radius 3 is 2.23 bits per heavy atom. The van der Waals surface area contributed by atoms with Crippen LogP contribution in [0.5, 0.6) is 5.75 Å². The van der Waals surface area contributed by atoms with Crippen LogP contribution in [0.2, 0.25) is 0 Å². The molecule has 1 heterocycles. The van der Waals surface area contributed by atoms with Crippen LogP contribution in [0, 0.1) is 0 Å². The van der Waals surface area contributed by atoms with Gasteiger partial charge < -0.3 is 4.74 Å². The molecular weight excluding hydrogens is 270 g/mol. The molecule has 0 amide bonds. The molecule has 1 aromatic heterocycles. The van der Waals surface area contributed by atoms with Crippen molar-refractivity contribution in [3.05, 3.63) is 72.4 Å². The quantitative estimate of drug-likeness (QED) is 0.675. The van der Waals surface area contributed by atoms with E-state index in [2.05, 4.69) is 48.3 Å². The van der Waals surface area contributed by atoms with E-state index in [9.17, 15) is 0 Å². The van der Waals surface area contributed by atoms with Crippen LogP contribution in [0.3, 0.4) is 0 Å². The molecule has 2 aromatic carbocycles. The minimum atomic E-state index is 0.859. The Kier molecular flexibility index (Phi) is 4.19. The number of methoxy groups -OCH3 is 1. The average Bonchev–Trinajstić information content (AvgIpc) is 2.62. The zero-order valence-corrected chi connectivity index (χ0v) is 12.9. The fourth-order valence-corrected chi connectivity index (χ4v) is 2.60. The van der Waals surface area contributed by atoms with Crippen molar-refractivity contribution in [3.63, 3.8) is 0 Å². The summed E-state index contributed by atoms with van der Waals surface area (Å²) in [6.07, 6.45) is 2.98.